The van der Waals surface area contributed by atoms with Crippen molar-refractivity contribution in [2.75, 3.05) is 36.4 Å². The Morgan fingerprint density at radius 1 is 1.22 bits per heavy atom. The fourth-order valence-corrected chi connectivity index (χ4v) is 3.54. The lowest BCUT2D eigenvalue weighted by molar-refractivity contribution is -0.125. The number of para-hydroxylation sites is 1. The molecule has 0 aromatic heterocycles. The molecule has 0 unspecified atom stereocenters. The Balaban J connectivity index is 1.72. The second-order valence-electron chi connectivity index (χ2n) is 6.39. The fourth-order valence-electron chi connectivity index (χ4n) is 3.54. The highest BCUT2D eigenvalue weighted by atomic mass is 16.2. The minimum absolute atomic E-state index is 0.106. The van der Waals surface area contributed by atoms with Crippen LogP contribution in [0.4, 0.5) is 11.4 Å². The molecular weight excluding hydrogens is 290 g/mol. The number of nitrogens with one attached hydrogen (secondary N) is 1. The molecule has 1 saturated heterocycles. The Hall–Kier alpha value is -1.88. The van der Waals surface area contributed by atoms with Gasteiger partial charge in [-0.25, -0.2) is 4.90 Å². The molecular formula is C18H25N3O2. The van der Waals surface area contributed by atoms with E-state index in [0.29, 0.717) is 12.1 Å². The van der Waals surface area contributed by atoms with Gasteiger partial charge in [0.15, 0.2) is 0 Å². The van der Waals surface area contributed by atoms with E-state index in [2.05, 4.69) is 16.3 Å². The highest BCUT2D eigenvalue weighted by Crippen LogP contribution is 2.33. The molecule has 1 N–H and O–H groups in total. The van der Waals surface area contributed by atoms with Crippen molar-refractivity contribution in [2.24, 2.45) is 0 Å². The molecule has 2 amide bonds. The number of benzene rings is 1. The zero-order valence-electron chi connectivity index (χ0n) is 13.8. The number of likely N-dealkylation sites (tertiary alicyclic amines) is 1. The summed E-state index contributed by atoms with van der Waals surface area (Å²) in [5, 5.41) is 3.31. The van der Waals surface area contributed by atoms with Crippen LogP contribution in [0, 0.1) is 0 Å². The number of nitrogens with zero attached hydrogens (tertiary/aromatic N) is 2. The van der Waals surface area contributed by atoms with E-state index in [1.165, 1.54) is 36.6 Å². The van der Waals surface area contributed by atoms with Crippen molar-refractivity contribution >= 4 is 23.2 Å². The van der Waals surface area contributed by atoms with Gasteiger partial charge in [-0.2, -0.15) is 0 Å². The summed E-state index contributed by atoms with van der Waals surface area (Å²) in [6, 6.07) is 5.84. The van der Waals surface area contributed by atoms with Crippen molar-refractivity contribution in [3.8, 4) is 0 Å². The van der Waals surface area contributed by atoms with E-state index in [9.17, 15) is 9.59 Å². The lowest BCUT2D eigenvalue weighted by Crippen LogP contribution is -2.39. The van der Waals surface area contributed by atoms with Crippen molar-refractivity contribution in [3.63, 3.8) is 0 Å². The Morgan fingerprint density at radius 2 is 2.00 bits per heavy atom. The number of anilines is 2. The Bertz CT molecular complexity index is 594. The summed E-state index contributed by atoms with van der Waals surface area (Å²) in [5.74, 6) is -0.319. The maximum Gasteiger partial charge on any atom is 0.235 e. The molecule has 0 radical (unpaired) electrons. The van der Waals surface area contributed by atoms with E-state index in [1.807, 2.05) is 12.1 Å². The predicted octanol–water partition coefficient (Wildman–Crippen LogP) is 2.41. The largest absolute Gasteiger partial charge is 0.383 e. The third-order valence-electron chi connectivity index (χ3n) is 4.72. The number of hydrogen-bond acceptors (Lipinski definition) is 4. The highest BCUT2D eigenvalue weighted by Gasteiger charge is 2.26. The van der Waals surface area contributed by atoms with Gasteiger partial charge in [-0.3, -0.25) is 9.59 Å². The lowest BCUT2D eigenvalue weighted by Gasteiger charge is -2.27. The molecule has 1 fully saturated rings. The van der Waals surface area contributed by atoms with Crippen LogP contribution in [0.1, 0.15) is 38.2 Å². The van der Waals surface area contributed by atoms with Crippen molar-refractivity contribution in [2.45, 2.75) is 39.0 Å². The molecule has 0 spiro atoms. The quantitative estimate of drug-likeness (QED) is 0.927. The first kappa shape index (κ1) is 16.0. The molecule has 124 valence electrons. The van der Waals surface area contributed by atoms with E-state index in [0.717, 1.165) is 38.3 Å². The van der Waals surface area contributed by atoms with E-state index >= 15 is 0 Å². The number of amides is 2. The number of carbonyl (C=O) groups is 2. The Kier molecular flexibility index (Phi) is 4.96. The molecule has 23 heavy (non-hydrogen) atoms. The molecule has 5 heteroatoms. The summed E-state index contributed by atoms with van der Waals surface area (Å²) in [6.07, 6.45) is 5.04. The van der Waals surface area contributed by atoms with Gasteiger partial charge in [-0.05, 0) is 44.0 Å². The molecule has 1 aromatic carbocycles. The van der Waals surface area contributed by atoms with E-state index in [1.54, 1.807) is 0 Å². The average Bonchev–Trinajstić information content (AvgIpc) is 3.03. The normalized spacial score (nSPS) is 17.4. The summed E-state index contributed by atoms with van der Waals surface area (Å²) < 4.78 is 0. The number of imide groups is 1. The summed E-state index contributed by atoms with van der Waals surface area (Å²) in [5.41, 5.74) is 2.82. The Labute approximate surface area is 137 Å². The standard InChI is InChI=1S/C18H25N3O2/c1-14(22)21(16-7-5-6-15-8-10-19-18(15)16)17(23)9-13-20-11-3-2-4-12-20/h5-7,19H,2-4,8-13H2,1H3. The SMILES string of the molecule is CC(=O)N(C(=O)CCN1CCCCC1)c1cccc2c1NCC2. The van der Waals surface area contributed by atoms with Gasteiger partial charge in [0.25, 0.3) is 0 Å². The molecule has 2 heterocycles. The second-order valence-corrected chi connectivity index (χ2v) is 6.39. The summed E-state index contributed by atoms with van der Waals surface area (Å²) in [7, 11) is 0. The summed E-state index contributed by atoms with van der Waals surface area (Å²) in [4.78, 5) is 28.5. The molecule has 3 rings (SSSR count). The maximum absolute atomic E-state index is 12.7. The van der Waals surface area contributed by atoms with Crippen molar-refractivity contribution in [1.29, 1.82) is 0 Å². The van der Waals surface area contributed by atoms with Gasteiger partial charge in [0.05, 0.1) is 11.4 Å². The van der Waals surface area contributed by atoms with Crippen LogP contribution in [0.15, 0.2) is 18.2 Å². The first-order valence-electron chi connectivity index (χ1n) is 8.58. The van der Waals surface area contributed by atoms with Crippen LogP contribution in [-0.4, -0.2) is 42.9 Å². The molecule has 0 atom stereocenters. The number of piperidine rings is 1. The summed E-state index contributed by atoms with van der Waals surface area (Å²) >= 11 is 0. The van der Waals surface area contributed by atoms with Gasteiger partial charge >= 0.3 is 0 Å². The van der Waals surface area contributed by atoms with Crippen molar-refractivity contribution in [1.82, 2.24) is 4.90 Å². The fraction of sp³-hybridized carbons (Fsp3) is 0.556. The number of rotatable bonds is 4. The molecule has 2 aliphatic heterocycles. The number of fused-ring (bicyclic) bond motifs is 1. The molecule has 1 aromatic rings. The van der Waals surface area contributed by atoms with Gasteiger partial charge in [-0.1, -0.05) is 18.6 Å². The Morgan fingerprint density at radius 3 is 2.74 bits per heavy atom. The van der Waals surface area contributed by atoms with Crippen LogP contribution in [-0.2, 0) is 16.0 Å². The smallest absolute Gasteiger partial charge is 0.235 e. The molecule has 2 aliphatic rings. The predicted molar refractivity (Wildman–Crippen MR) is 91.7 cm³/mol. The second kappa shape index (κ2) is 7.13. The first-order valence-corrected chi connectivity index (χ1v) is 8.58. The third kappa shape index (κ3) is 3.55. The number of hydrogen-bond donors (Lipinski definition) is 1. The van der Waals surface area contributed by atoms with Crippen LogP contribution in [0.5, 0.6) is 0 Å². The van der Waals surface area contributed by atoms with Crippen LogP contribution >= 0.6 is 0 Å². The molecule has 0 bridgehead atoms. The van der Waals surface area contributed by atoms with Gasteiger partial charge in [0, 0.05) is 26.4 Å². The maximum atomic E-state index is 12.7. The first-order chi connectivity index (χ1) is 11.2. The zero-order valence-corrected chi connectivity index (χ0v) is 13.8. The summed E-state index contributed by atoms with van der Waals surface area (Å²) in [6.45, 7) is 5.20. The van der Waals surface area contributed by atoms with E-state index in [4.69, 9.17) is 0 Å². The molecule has 0 aliphatic carbocycles. The van der Waals surface area contributed by atoms with E-state index in [-0.39, 0.29) is 11.8 Å². The van der Waals surface area contributed by atoms with Gasteiger partial charge < -0.3 is 10.2 Å². The monoisotopic (exact) mass is 315 g/mol. The third-order valence-corrected chi connectivity index (χ3v) is 4.72. The minimum atomic E-state index is -0.212. The average molecular weight is 315 g/mol. The molecule has 0 saturated carbocycles. The van der Waals surface area contributed by atoms with Gasteiger partial charge in [0.2, 0.25) is 11.8 Å². The van der Waals surface area contributed by atoms with Gasteiger partial charge in [-0.15, -0.1) is 0 Å². The van der Waals surface area contributed by atoms with Crippen LogP contribution in [0.2, 0.25) is 0 Å². The zero-order chi connectivity index (χ0) is 16.2. The van der Waals surface area contributed by atoms with Crippen LogP contribution < -0.4 is 10.2 Å². The van der Waals surface area contributed by atoms with Gasteiger partial charge in [0.1, 0.15) is 0 Å². The number of carbonyl (C=O) groups excluding carboxylic acids is 2. The van der Waals surface area contributed by atoms with Crippen molar-refractivity contribution < 1.29 is 9.59 Å². The topological polar surface area (TPSA) is 52.7 Å². The lowest BCUT2D eigenvalue weighted by atomic mass is 10.1. The van der Waals surface area contributed by atoms with Crippen LogP contribution in [0.3, 0.4) is 0 Å². The molecule has 5 nitrogen and oxygen atoms in total. The van der Waals surface area contributed by atoms with E-state index < -0.39 is 0 Å². The van der Waals surface area contributed by atoms with Crippen LogP contribution in [0.25, 0.3) is 0 Å². The van der Waals surface area contributed by atoms with Crippen molar-refractivity contribution in [3.05, 3.63) is 23.8 Å². The highest BCUT2D eigenvalue weighted by molar-refractivity contribution is 6.16. The minimum Gasteiger partial charge on any atom is -0.383 e.